The van der Waals surface area contributed by atoms with Crippen molar-refractivity contribution in [3.05, 3.63) is 84.2 Å². The van der Waals surface area contributed by atoms with Crippen LogP contribution >= 0.6 is 11.8 Å². The lowest BCUT2D eigenvalue weighted by atomic mass is 10.0. The summed E-state index contributed by atoms with van der Waals surface area (Å²) in [7, 11) is 3.50. The Labute approximate surface area is 211 Å². The van der Waals surface area contributed by atoms with Crippen molar-refractivity contribution in [1.82, 2.24) is 5.32 Å². The van der Waals surface area contributed by atoms with Crippen molar-refractivity contribution < 1.29 is 9.47 Å². The zero-order valence-electron chi connectivity index (χ0n) is 21.7. The van der Waals surface area contributed by atoms with Crippen molar-refractivity contribution >= 4 is 17.4 Å². The molecule has 1 aliphatic carbocycles. The highest BCUT2D eigenvalue weighted by Gasteiger charge is 2.37. The molecule has 5 heteroatoms. The minimum atomic E-state index is -0.205. The number of para-hydroxylation sites is 1. The number of benzene rings is 1. The molecule has 0 aromatic heterocycles. The summed E-state index contributed by atoms with van der Waals surface area (Å²) in [5.74, 6) is 1.28. The van der Waals surface area contributed by atoms with E-state index in [1.165, 1.54) is 21.7 Å². The van der Waals surface area contributed by atoms with E-state index < -0.39 is 0 Å². The first-order valence-corrected chi connectivity index (χ1v) is 13.2. The molecule has 1 N–H and O–H groups in total. The summed E-state index contributed by atoms with van der Waals surface area (Å²) < 4.78 is 11.8. The number of fused-ring (bicyclic) bond motifs is 1. The smallest absolute Gasteiger partial charge is 0.138 e. The van der Waals surface area contributed by atoms with E-state index >= 15 is 0 Å². The van der Waals surface area contributed by atoms with E-state index in [1.54, 1.807) is 20.3 Å². The van der Waals surface area contributed by atoms with Gasteiger partial charge in [0.25, 0.3) is 0 Å². The predicted octanol–water partition coefficient (Wildman–Crippen LogP) is 6.74. The Hall–Kier alpha value is -2.21. The summed E-state index contributed by atoms with van der Waals surface area (Å²) in [6, 6.07) is 8.68. The van der Waals surface area contributed by atoms with Gasteiger partial charge in [0, 0.05) is 25.1 Å². The van der Waals surface area contributed by atoms with Gasteiger partial charge < -0.3 is 19.7 Å². The van der Waals surface area contributed by atoms with Crippen LogP contribution in [0.2, 0.25) is 0 Å². The lowest BCUT2D eigenvalue weighted by Crippen LogP contribution is -2.37. The van der Waals surface area contributed by atoms with Crippen LogP contribution in [0.25, 0.3) is 0 Å². The van der Waals surface area contributed by atoms with E-state index in [2.05, 4.69) is 79.2 Å². The fourth-order valence-electron chi connectivity index (χ4n) is 4.04. The number of anilines is 1. The molecular formula is C29H42N2O2S. The van der Waals surface area contributed by atoms with E-state index in [4.69, 9.17) is 9.47 Å². The van der Waals surface area contributed by atoms with E-state index in [0.29, 0.717) is 5.92 Å². The third-order valence-electron chi connectivity index (χ3n) is 5.74. The molecule has 0 amide bonds. The van der Waals surface area contributed by atoms with Gasteiger partial charge in [0.2, 0.25) is 0 Å². The molecular weight excluding hydrogens is 440 g/mol. The molecule has 2 aliphatic rings. The summed E-state index contributed by atoms with van der Waals surface area (Å²) in [4.78, 5) is 3.83. The lowest BCUT2D eigenvalue weighted by Gasteiger charge is -2.32. The van der Waals surface area contributed by atoms with Crippen molar-refractivity contribution in [3.8, 4) is 0 Å². The second-order valence-electron chi connectivity index (χ2n) is 8.21. The summed E-state index contributed by atoms with van der Waals surface area (Å²) in [6.07, 6.45) is 13.3. The Morgan fingerprint density at radius 3 is 2.62 bits per heavy atom. The van der Waals surface area contributed by atoms with Gasteiger partial charge in [-0.3, -0.25) is 0 Å². The van der Waals surface area contributed by atoms with Gasteiger partial charge in [-0.25, -0.2) is 0 Å². The molecule has 4 nitrogen and oxygen atoms in total. The van der Waals surface area contributed by atoms with Gasteiger partial charge in [-0.1, -0.05) is 88.5 Å². The number of nitrogens with zero attached hydrogens (tertiary/aromatic N) is 1. The number of hydrogen-bond acceptors (Lipinski definition) is 5. The second kappa shape index (κ2) is 14.9. The largest absolute Gasteiger partial charge is 0.498 e. The highest BCUT2D eigenvalue weighted by atomic mass is 32.2. The molecule has 2 atom stereocenters. The molecule has 0 saturated carbocycles. The van der Waals surface area contributed by atoms with Gasteiger partial charge in [0.05, 0.1) is 12.8 Å². The summed E-state index contributed by atoms with van der Waals surface area (Å²) in [5.41, 5.74) is 3.77. The second-order valence-corrected chi connectivity index (χ2v) is 9.33. The van der Waals surface area contributed by atoms with E-state index in [0.717, 1.165) is 31.8 Å². The molecule has 0 radical (unpaired) electrons. The van der Waals surface area contributed by atoms with Crippen LogP contribution in [0.3, 0.4) is 0 Å². The van der Waals surface area contributed by atoms with Crippen molar-refractivity contribution in [1.29, 1.82) is 0 Å². The van der Waals surface area contributed by atoms with E-state index in [-0.39, 0.29) is 11.5 Å². The maximum absolute atomic E-state index is 5.99. The first-order chi connectivity index (χ1) is 16.6. The van der Waals surface area contributed by atoms with Gasteiger partial charge in [-0.05, 0) is 48.2 Å². The van der Waals surface area contributed by atoms with Crippen molar-refractivity contribution in [2.75, 3.05) is 38.8 Å². The maximum atomic E-state index is 5.99. The molecule has 2 unspecified atom stereocenters. The van der Waals surface area contributed by atoms with Crippen LogP contribution in [0, 0.1) is 5.92 Å². The highest BCUT2D eigenvalue weighted by molar-refractivity contribution is 8.00. The van der Waals surface area contributed by atoms with Crippen LogP contribution < -0.4 is 10.2 Å². The number of nitrogens with one attached hydrogen (secondary N) is 1. The minimum Gasteiger partial charge on any atom is -0.498 e. The molecule has 1 aromatic carbocycles. The SMILES string of the molecule is C=C/C=C\CNCCCN1c2ccccc2SC1C1=CC=C(C(C)C)C=C(OC)C1OC.CC. The summed E-state index contributed by atoms with van der Waals surface area (Å²) in [6.45, 7) is 14.9. The maximum Gasteiger partial charge on any atom is 0.138 e. The van der Waals surface area contributed by atoms with Crippen molar-refractivity contribution in [2.24, 2.45) is 5.92 Å². The molecule has 0 bridgehead atoms. The van der Waals surface area contributed by atoms with Gasteiger partial charge in [-0.2, -0.15) is 0 Å². The monoisotopic (exact) mass is 482 g/mol. The number of thioether (sulfide) groups is 1. The van der Waals surface area contributed by atoms with Gasteiger partial charge in [-0.15, -0.1) is 0 Å². The minimum absolute atomic E-state index is 0.166. The Kier molecular flexibility index (Phi) is 12.3. The average Bonchev–Trinajstić information content (AvgIpc) is 3.10. The molecule has 1 aromatic rings. The van der Waals surface area contributed by atoms with Crippen LogP contribution in [0.1, 0.15) is 34.1 Å². The van der Waals surface area contributed by atoms with Gasteiger partial charge >= 0.3 is 0 Å². The van der Waals surface area contributed by atoms with Crippen LogP contribution in [0.15, 0.2) is 89.1 Å². The fraction of sp³-hybridized carbons (Fsp3) is 0.448. The van der Waals surface area contributed by atoms with E-state index in [9.17, 15) is 0 Å². The number of ether oxygens (including phenoxy) is 2. The normalized spacial score (nSPS) is 19.6. The lowest BCUT2D eigenvalue weighted by molar-refractivity contribution is 0.101. The Morgan fingerprint density at radius 1 is 1.18 bits per heavy atom. The Bertz CT molecular complexity index is 901. The predicted molar refractivity (Wildman–Crippen MR) is 148 cm³/mol. The third kappa shape index (κ3) is 7.14. The number of hydrogen-bond donors (Lipinski definition) is 1. The van der Waals surface area contributed by atoms with Crippen LogP contribution in [-0.4, -0.2) is 45.3 Å². The van der Waals surface area contributed by atoms with Gasteiger partial charge in [0.1, 0.15) is 17.2 Å². The van der Waals surface area contributed by atoms with Crippen molar-refractivity contribution in [3.63, 3.8) is 0 Å². The third-order valence-corrected chi connectivity index (χ3v) is 7.09. The van der Waals surface area contributed by atoms with Gasteiger partial charge in [0.15, 0.2) is 0 Å². The highest BCUT2D eigenvalue weighted by Crippen LogP contribution is 2.47. The molecule has 3 rings (SSSR count). The molecule has 0 spiro atoms. The summed E-state index contributed by atoms with van der Waals surface area (Å²) >= 11 is 1.90. The zero-order chi connectivity index (χ0) is 24.9. The molecule has 186 valence electrons. The fourth-order valence-corrected chi connectivity index (χ4v) is 5.42. The standard InChI is InChI=1S/C27H36N2O2S.C2H6/c1-6-7-10-16-28-17-11-18-29-23-12-8-9-13-25(23)32-27(29)22-15-14-21(20(2)3)19-24(30-4)26(22)31-5;1-2/h6-10,12-15,19-20,26-28H,1,11,16-18H2,2-5H3;1-2H3/b10-7-;. The average molecular weight is 483 g/mol. The zero-order valence-corrected chi connectivity index (χ0v) is 22.5. The van der Waals surface area contributed by atoms with E-state index in [1.807, 2.05) is 31.7 Å². The first-order valence-electron chi connectivity index (χ1n) is 12.3. The van der Waals surface area contributed by atoms with Crippen LogP contribution in [-0.2, 0) is 9.47 Å². The summed E-state index contributed by atoms with van der Waals surface area (Å²) in [5, 5.41) is 3.65. The number of rotatable bonds is 11. The topological polar surface area (TPSA) is 33.7 Å². The van der Waals surface area contributed by atoms with Crippen molar-refractivity contribution in [2.45, 2.75) is 50.5 Å². The molecule has 0 fully saturated rings. The molecule has 0 saturated heterocycles. The number of methoxy groups -OCH3 is 2. The molecule has 34 heavy (non-hydrogen) atoms. The number of allylic oxidation sites excluding steroid dienone is 6. The molecule has 1 aliphatic heterocycles. The quantitative estimate of drug-likeness (QED) is 0.279. The van der Waals surface area contributed by atoms with Crippen LogP contribution in [0.4, 0.5) is 5.69 Å². The Morgan fingerprint density at radius 2 is 1.94 bits per heavy atom. The Balaban J connectivity index is 0.00000199. The molecule has 1 heterocycles. The van der Waals surface area contributed by atoms with Crippen LogP contribution in [0.5, 0.6) is 0 Å². The first kappa shape index (κ1) is 28.0.